The van der Waals surface area contributed by atoms with Crippen molar-refractivity contribution in [3.63, 3.8) is 0 Å². The second-order valence-corrected chi connectivity index (χ2v) is 3.79. The molecule has 0 saturated carbocycles. The molecule has 0 aliphatic carbocycles. The molecule has 7 heteroatoms. The van der Waals surface area contributed by atoms with Crippen molar-refractivity contribution < 1.29 is 15.1 Å². The van der Waals surface area contributed by atoms with Gasteiger partial charge in [-0.05, 0) is 0 Å². The van der Waals surface area contributed by atoms with Gasteiger partial charge in [0.1, 0.15) is 0 Å². The minimum Gasteiger partial charge on any atom is -0.394 e. The number of nitro benzene ring substituents is 1. The molecule has 0 fully saturated rings. The van der Waals surface area contributed by atoms with Crippen LogP contribution >= 0.6 is 0 Å². The number of aliphatic hydroxyl groups excluding tert-OH is 2. The molecule has 5 N–H and O–H groups in total. The van der Waals surface area contributed by atoms with Crippen molar-refractivity contribution in [2.75, 3.05) is 19.7 Å². The molecule has 0 aromatic heterocycles. The van der Waals surface area contributed by atoms with Gasteiger partial charge in [0.15, 0.2) is 0 Å². The van der Waals surface area contributed by atoms with E-state index in [-0.39, 0.29) is 5.69 Å². The summed E-state index contributed by atoms with van der Waals surface area (Å²) in [6.07, 6.45) is -1.13. The quantitative estimate of drug-likeness (QED) is 0.386. The number of hydrogen-bond donors (Lipinski definition) is 4. The molecule has 0 heterocycles. The van der Waals surface area contributed by atoms with Crippen LogP contribution in [-0.4, -0.2) is 40.9 Å². The van der Waals surface area contributed by atoms with Crippen molar-refractivity contribution in [2.45, 2.75) is 12.1 Å². The fourth-order valence-electron chi connectivity index (χ4n) is 1.71. The number of para-hydroxylation sites is 1. The SMILES string of the molecule is NCCNC(c1ccccc1[N+](=O)[O-])C(O)CO. The molecule has 0 saturated heterocycles. The van der Waals surface area contributed by atoms with Gasteiger partial charge in [-0.15, -0.1) is 0 Å². The minimum absolute atomic E-state index is 0.0977. The summed E-state index contributed by atoms with van der Waals surface area (Å²) in [4.78, 5) is 10.4. The zero-order valence-electron chi connectivity index (χ0n) is 9.82. The number of nitro groups is 1. The Morgan fingerprint density at radius 2 is 2.11 bits per heavy atom. The Hall–Kier alpha value is -1.54. The average Bonchev–Trinajstić information content (AvgIpc) is 2.39. The van der Waals surface area contributed by atoms with Gasteiger partial charge in [-0.2, -0.15) is 0 Å². The Labute approximate surface area is 104 Å². The van der Waals surface area contributed by atoms with Crippen LogP contribution in [0.4, 0.5) is 5.69 Å². The van der Waals surface area contributed by atoms with Gasteiger partial charge < -0.3 is 21.3 Å². The molecule has 100 valence electrons. The number of hydrogen-bond acceptors (Lipinski definition) is 6. The zero-order chi connectivity index (χ0) is 13.5. The first-order valence-corrected chi connectivity index (χ1v) is 5.57. The summed E-state index contributed by atoms with van der Waals surface area (Å²) in [6, 6.07) is 5.37. The van der Waals surface area contributed by atoms with E-state index in [1.165, 1.54) is 6.07 Å². The lowest BCUT2D eigenvalue weighted by atomic mass is 10.00. The lowest BCUT2D eigenvalue weighted by molar-refractivity contribution is -0.385. The highest BCUT2D eigenvalue weighted by molar-refractivity contribution is 5.42. The Bertz CT molecular complexity index is 400. The van der Waals surface area contributed by atoms with Gasteiger partial charge in [0, 0.05) is 24.7 Å². The molecule has 18 heavy (non-hydrogen) atoms. The van der Waals surface area contributed by atoms with Crippen LogP contribution in [0.3, 0.4) is 0 Å². The van der Waals surface area contributed by atoms with Gasteiger partial charge in [-0.25, -0.2) is 0 Å². The molecule has 2 unspecified atom stereocenters. The van der Waals surface area contributed by atoms with Crippen LogP contribution in [0.2, 0.25) is 0 Å². The Morgan fingerprint density at radius 3 is 2.67 bits per heavy atom. The highest BCUT2D eigenvalue weighted by Gasteiger charge is 2.26. The lowest BCUT2D eigenvalue weighted by Crippen LogP contribution is -2.37. The number of nitrogens with two attached hydrogens (primary N) is 1. The third-order valence-corrected chi connectivity index (χ3v) is 2.55. The number of rotatable bonds is 7. The molecular weight excluding hydrogens is 238 g/mol. The van der Waals surface area contributed by atoms with Crippen LogP contribution < -0.4 is 11.1 Å². The van der Waals surface area contributed by atoms with Crippen molar-refractivity contribution >= 4 is 5.69 Å². The van der Waals surface area contributed by atoms with E-state index in [1.807, 2.05) is 0 Å². The summed E-state index contributed by atoms with van der Waals surface area (Å²) in [5.74, 6) is 0. The molecule has 0 amide bonds. The van der Waals surface area contributed by atoms with Crippen molar-refractivity contribution in [1.29, 1.82) is 0 Å². The molecule has 0 bridgehead atoms. The predicted molar refractivity (Wildman–Crippen MR) is 66.0 cm³/mol. The average molecular weight is 255 g/mol. The van der Waals surface area contributed by atoms with Gasteiger partial charge in [0.25, 0.3) is 5.69 Å². The first-order valence-electron chi connectivity index (χ1n) is 5.57. The van der Waals surface area contributed by atoms with E-state index in [1.54, 1.807) is 18.2 Å². The van der Waals surface area contributed by atoms with Gasteiger partial charge in [0.05, 0.1) is 23.7 Å². The van der Waals surface area contributed by atoms with E-state index in [4.69, 9.17) is 10.8 Å². The topological polar surface area (TPSA) is 122 Å². The molecule has 0 radical (unpaired) electrons. The summed E-state index contributed by atoms with van der Waals surface area (Å²) in [6.45, 7) is 0.220. The summed E-state index contributed by atoms with van der Waals surface area (Å²) >= 11 is 0. The van der Waals surface area contributed by atoms with Crippen LogP contribution in [-0.2, 0) is 0 Å². The second-order valence-electron chi connectivity index (χ2n) is 3.79. The molecule has 1 aromatic carbocycles. The summed E-state index contributed by atoms with van der Waals surface area (Å²) in [5.41, 5.74) is 5.59. The maximum atomic E-state index is 10.9. The van der Waals surface area contributed by atoms with Crippen molar-refractivity contribution in [1.82, 2.24) is 5.32 Å². The Morgan fingerprint density at radius 1 is 1.44 bits per heavy atom. The van der Waals surface area contributed by atoms with Crippen LogP contribution in [0.15, 0.2) is 24.3 Å². The van der Waals surface area contributed by atoms with Crippen LogP contribution in [0.1, 0.15) is 11.6 Å². The van der Waals surface area contributed by atoms with E-state index in [0.717, 1.165) is 0 Å². The largest absolute Gasteiger partial charge is 0.394 e. The van der Waals surface area contributed by atoms with E-state index in [9.17, 15) is 15.2 Å². The highest BCUT2D eigenvalue weighted by atomic mass is 16.6. The van der Waals surface area contributed by atoms with Gasteiger partial charge in [-0.3, -0.25) is 10.1 Å². The Kier molecular flexibility index (Phi) is 5.66. The maximum absolute atomic E-state index is 10.9. The van der Waals surface area contributed by atoms with E-state index >= 15 is 0 Å². The predicted octanol–water partition coefficient (Wildman–Crippen LogP) is -0.463. The van der Waals surface area contributed by atoms with Crippen molar-refractivity contribution in [3.8, 4) is 0 Å². The number of nitrogens with zero attached hydrogens (tertiary/aromatic N) is 1. The van der Waals surface area contributed by atoms with Crippen LogP contribution in [0.25, 0.3) is 0 Å². The van der Waals surface area contributed by atoms with E-state index in [2.05, 4.69) is 5.32 Å². The third kappa shape index (κ3) is 3.47. The van der Waals surface area contributed by atoms with Gasteiger partial charge in [0.2, 0.25) is 0 Å². The van der Waals surface area contributed by atoms with E-state index in [0.29, 0.717) is 18.7 Å². The lowest BCUT2D eigenvalue weighted by Gasteiger charge is -2.22. The van der Waals surface area contributed by atoms with Gasteiger partial charge >= 0.3 is 0 Å². The smallest absolute Gasteiger partial charge is 0.274 e. The molecule has 0 aliphatic heterocycles. The van der Waals surface area contributed by atoms with Gasteiger partial charge in [-0.1, -0.05) is 18.2 Å². The summed E-state index contributed by atoms with van der Waals surface area (Å²) in [5, 5.41) is 32.5. The number of nitrogens with one attached hydrogen (secondary N) is 1. The molecule has 1 aromatic rings. The van der Waals surface area contributed by atoms with Crippen LogP contribution in [0.5, 0.6) is 0 Å². The highest BCUT2D eigenvalue weighted by Crippen LogP contribution is 2.26. The number of benzene rings is 1. The van der Waals surface area contributed by atoms with Crippen molar-refractivity contribution in [2.24, 2.45) is 5.73 Å². The zero-order valence-corrected chi connectivity index (χ0v) is 9.82. The summed E-state index contributed by atoms with van der Waals surface area (Å²) in [7, 11) is 0. The third-order valence-electron chi connectivity index (χ3n) is 2.55. The molecular formula is C11H17N3O4. The maximum Gasteiger partial charge on any atom is 0.274 e. The molecule has 0 aliphatic rings. The Balaban J connectivity index is 3.07. The molecule has 1 rings (SSSR count). The first-order chi connectivity index (χ1) is 8.61. The monoisotopic (exact) mass is 255 g/mol. The molecule has 7 nitrogen and oxygen atoms in total. The minimum atomic E-state index is -1.13. The summed E-state index contributed by atoms with van der Waals surface area (Å²) < 4.78 is 0. The fourth-order valence-corrected chi connectivity index (χ4v) is 1.71. The molecule has 0 spiro atoms. The van der Waals surface area contributed by atoms with Crippen molar-refractivity contribution in [3.05, 3.63) is 39.9 Å². The number of aliphatic hydroxyl groups is 2. The first kappa shape index (κ1) is 14.5. The normalized spacial score (nSPS) is 14.2. The standard InChI is InChI=1S/C11H17N3O4/c12-5-6-13-11(10(16)7-15)8-3-1-2-4-9(8)14(17)18/h1-4,10-11,13,15-16H,5-7,12H2. The van der Waals surface area contributed by atoms with Crippen LogP contribution in [0, 0.1) is 10.1 Å². The molecule has 2 atom stereocenters. The fraction of sp³-hybridized carbons (Fsp3) is 0.455. The van der Waals surface area contributed by atoms with E-state index < -0.39 is 23.7 Å². The second kappa shape index (κ2) is 7.02.